The normalized spacial score (nSPS) is 20.4. The van der Waals surface area contributed by atoms with E-state index < -0.39 is 11.6 Å². The highest BCUT2D eigenvalue weighted by Gasteiger charge is 2.40. The highest BCUT2D eigenvalue weighted by molar-refractivity contribution is 5.94. The average molecular weight is 341 g/mol. The SMILES string of the molecule is CC1(C)Cc2cc3cc(C(=O)O)c(=O)oc3c3c2N(C1)CC(C)(C)C3. The van der Waals surface area contributed by atoms with Crippen molar-refractivity contribution in [2.45, 2.75) is 40.5 Å². The summed E-state index contributed by atoms with van der Waals surface area (Å²) < 4.78 is 5.51. The molecule has 0 atom stereocenters. The number of carbonyl (C=O) groups is 1. The molecule has 1 aromatic heterocycles. The third-order valence-electron chi connectivity index (χ3n) is 5.28. The second kappa shape index (κ2) is 4.87. The number of carboxylic acids is 1. The lowest BCUT2D eigenvalue weighted by Gasteiger charge is -2.48. The zero-order valence-electron chi connectivity index (χ0n) is 15.1. The number of carboxylic acid groups (broad SMARTS) is 1. The average Bonchev–Trinajstić information content (AvgIpc) is 2.44. The molecular formula is C20H23NO4. The van der Waals surface area contributed by atoms with Crippen LogP contribution in [0.25, 0.3) is 11.0 Å². The first kappa shape index (κ1) is 16.2. The van der Waals surface area contributed by atoms with E-state index in [2.05, 4.69) is 32.6 Å². The summed E-state index contributed by atoms with van der Waals surface area (Å²) in [6, 6.07) is 3.48. The first-order chi connectivity index (χ1) is 11.6. The van der Waals surface area contributed by atoms with E-state index in [0.717, 1.165) is 31.5 Å². The summed E-state index contributed by atoms with van der Waals surface area (Å²) in [7, 11) is 0. The Bertz CT molecular complexity index is 966. The van der Waals surface area contributed by atoms with E-state index in [4.69, 9.17) is 4.42 Å². The van der Waals surface area contributed by atoms with Crippen LogP contribution in [0.15, 0.2) is 21.3 Å². The van der Waals surface area contributed by atoms with E-state index in [0.29, 0.717) is 11.0 Å². The Kier molecular flexibility index (Phi) is 3.15. The molecule has 0 amide bonds. The highest BCUT2D eigenvalue weighted by atomic mass is 16.4. The molecule has 25 heavy (non-hydrogen) atoms. The Morgan fingerprint density at radius 1 is 1.12 bits per heavy atom. The monoisotopic (exact) mass is 341 g/mol. The van der Waals surface area contributed by atoms with Gasteiger partial charge in [0.05, 0.1) is 0 Å². The van der Waals surface area contributed by atoms with E-state index in [9.17, 15) is 14.7 Å². The van der Waals surface area contributed by atoms with Crippen LogP contribution in [-0.2, 0) is 12.8 Å². The van der Waals surface area contributed by atoms with Gasteiger partial charge < -0.3 is 14.4 Å². The first-order valence-corrected chi connectivity index (χ1v) is 8.67. The number of nitrogens with zero attached hydrogens (tertiary/aromatic N) is 1. The molecule has 0 unspecified atom stereocenters. The van der Waals surface area contributed by atoms with Gasteiger partial charge in [-0.3, -0.25) is 0 Å². The molecule has 0 fully saturated rings. The van der Waals surface area contributed by atoms with Crippen molar-refractivity contribution in [2.24, 2.45) is 10.8 Å². The Morgan fingerprint density at radius 3 is 2.40 bits per heavy atom. The van der Waals surface area contributed by atoms with Crippen molar-refractivity contribution in [1.82, 2.24) is 0 Å². The van der Waals surface area contributed by atoms with Crippen LogP contribution < -0.4 is 10.5 Å². The second-order valence-electron chi connectivity index (χ2n) is 9.07. The fourth-order valence-electron chi connectivity index (χ4n) is 4.58. The predicted molar refractivity (Wildman–Crippen MR) is 96.6 cm³/mol. The predicted octanol–water partition coefficient (Wildman–Crippen LogP) is 3.46. The number of hydrogen-bond acceptors (Lipinski definition) is 4. The molecule has 4 rings (SSSR count). The van der Waals surface area contributed by atoms with Gasteiger partial charge in [0.2, 0.25) is 0 Å². The van der Waals surface area contributed by atoms with E-state index in [1.165, 1.54) is 17.3 Å². The van der Waals surface area contributed by atoms with Gasteiger partial charge in [-0.15, -0.1) is 0 Å². The molecule has 5 nitrogen and oxygen atoms in total. The molecule has 0 radical (unpaired) electrons. The van der Waals surface area contributed by atoms with Gasteiger partial charge in [0.15, 0.2) is 0 Å². The second-order valence-corrected chi connectivity index (χ2v) is 9.07. The standard InChI is InChI=1S/C20H23NO4/c1-19(2)7-12-5-11-6-13(17(22)23)18(24)25-16(11)14-8-20(3,4)10-21(9-19)15(12)14/h5-6H,7-10H2,1-4H3,(H,22,23). The third kappa shape index (κ3) is 2.53. The van der Waals surface area contributed by atoms with Crippen LogP contribution in [0.4, 0.5) is 5.69 Å². The topological polar surface area (TPSA) is 70.7 Å². The molecule has 1 N–H and O–H groups in total. The molecule has 0 bridgehead atoms. The largest absolute Gasteiger partial charge is 0.477 e. The maximum Gasteiger partial charge on any atom is 0.351 e. The molecule has 2 aliphatic rings. The quantitative estimate of drug-likeness (QED) is 0.804. The maximum absolute atomic E-state index is 12.1. The zero-order valence-corrected chi connectivity index (χ0v) is 15.1. The van der Waals surface area contributed by atoms with Crippen molar-refractivity contribution >= 4 is 22.6 Å². The molecule has 5 heteroatoms. The summed E-state index contributed by atoms with van der Waals surface area (Å²) in [5.41, 5.74) is 3.15. The van der Waals surface area contributed by atoms with Gasteiger partial charge in [-0.2, -0.15) is 0 Å². The maximum atomic E-state index is 12.1. The van der Waals surface area contributed by atoms with E-state index >= 15 is 0 Å². The molecular weight excluding hydrogens is 318 g/mol. The molecule has 0 spiro atoms. The van der Waals surface area contributed by atoms with Crippen molar-refractivity contribution in [3.05, 3.63) is 39.2 Å². The molecule has 132 valence electrons. The summed E-state index contributed by atoms with van der Waals surface area (Å²) in [6.45, 7) is 10.9. The molecule has 1 aromatic carbocycles. The van der Waals surface area contributed by atoms with Crippen molar-refractivity contribution in [3.8, 4) is 0 Å². The Balaban J connectivity index is 2.07. The van der Waals surface area contributed by atoms with E-state index in [-0.39, 0.29) is 16.4 Å². The number of fused-ring (bicyclic) bond motifs is 2. The zero-order chi connectivity index (χ0) is 18.1. The molecule has 0 saturated carbocycles. The van der Waals surface area contributed by atoms with Gasteiger partial charge >= 0.3 is 11.6 Å². The van der Waals surface area contributed by atoms with Crippen LogP contribution in [0, 0.1) is 10.8 Å². The van der Waals surface area contributed by atoms with Crippen molar-refractivity contribution in [3.63, 3.8) is 0 Å². The van der Waals surface area contributed by atoms with Crippen LogP contribution in [-0.4, -0.2) is 24.2 Å². The molecule has 2 aliphatic heterocycles. The van der Waals surface area contributed by atoms with Crippen LogP contribution in [0.5, 0.6) is 0 Å². The van der Waals surface area contributed by atoms with E-state index in [1.54, 1.807) is 0 Å². The van der Waals surface area contributed by atoms with Crippen LogP contribution in [0.1, 0.15) is 49.2 Å². The minimum Gasteiger partial charge on any atom is -0.477 e. The first-order valence-electron chi connectivity index (χ1n) is 8.67. The lowest BCUT2D eigenvalue weighted by atomic mass is 9.73. The molecule has 2 aromatic rings. The Morgan fingerprint density at radius 2 is 1.76 bits per heavy atom. The minimum absolute atomic E-state index is 0.0655. The van der Waals surface area contributed by atoms with E-state index in [1.807, 2.05) is 6.07 Å². The third-order valence-corrected chi connectivity index (χ3v) is 5.28. The summed E-state index contributed by atoms with van der Waals surface area (Å²) in [6.07, 6.45) is 1.75. The Labute approximate surface area is 146 Å². The van der Waals surface area contributed by atoms with Gasteiger partial charge in [-0.1, -0.05) is 27.7 Å². The number of benzene rings is 1. The van der Waals surface area contributed by atoms with Gasteiger partial charge in [0, 0.05) is 29.7 Å². The van der Waals surface area contributed by atoms with Gasteiger partial charge in [-0.05, 0) is 41.4 Å². The summed E-state index contributed by atoms with van der Waals surface area (Å²) in [5, 5.41) is 9.95. The van der Waals surface area contributed by atoms with Gasteiger partial charge in [0.25, 0.3) is 0 Å². The molecule has 0 saturated heterocycles. The summed E-state index contributed by atoms with van der Waals surface area (Å²) in [4.78, 5) is 25.8. The number of anilines is 1. The van der Waals surface area contributed by atoms with Crippen molar-refractivity contribution < 1.29 is 14.3 Å². The number of aromatic carboxylic acids is 1. The summed E-state index contributed by atoms with van der Waals surface area (Å²) in [5.74, 6) is -1.25. The lowest BCUT2D eigenvalue weighted by molar-refractivity contribution is 0.0692. The van der Waals surface area contributed by atoms with Crippen molar-refractivity contribution in [2.75, 3.05) is 18.0 Å². The van der Waals surface area contributed by atoms with Crippen LogP contribution in [0.3, 0.4) is 0 Å². The molecule has 3 heterocycles. The Hall–Kier alpha value is -2.30. The van der Waals surface area contributed by atoms with Gasteiger partial charge in [0.1, 0.15) is 11.1 Å². The van der Waals surface area contributed by atoms with Gasteiger partial charge in [-0.25, -0.2) is 9.59 Å². The molecule has 0 aliphatic carbocycles. The highest BCUT2D eigenvalue weighted by Crippen LogP contribution is 2.47. The van der Waals surface area contributed by atoms with Crippen molar-refractivity contribution in [1.29, 1.82) is 0 Å². The van der Waals surface area contributed by atoms with Crippen LogP contribution >= 0.6 is 0 Å². The summed E-state index contributed by atoms with van der Waals surface area (Å²) >= 11 is 0. The fraction of sp³-hybridized carbons (Fsp3) is 0.500. The lowest BCUT2D eigenvalue weighted by Crippen LogP contribution is -2.48. The number of hydrogen-bond donors (Lipinski definition) is 1. The smallest absolute Gasteiger partial charge is 0.351 e. The fourth-order valence-corrected chi connectivity index (χ4v) is 4.58. The minimum atomic E-state index is -1.25. The van der Waals surface area contributed by atoms with Crippen LogP contribution in [0.2, 0.25) is 0 Å². The number of rotatable bonds is 1.